The molecule has 40 heavy (non-hydrogen) atoms. The van der Waals surface area contributed by atoms with Crippen LogP contribution in [0.2, 0.25) is 0 Å². The van der Waals surface area contributed by atoms with Gasteiger partial charge in [0.05, 0.1) is 23.6 Å². The molecule has 4 heterocycles. The van der Waals surface area contributed by atoms with Crippen LogP contribution in [0.15, 0.2) is 48.8 Å². The summed E-state index contributed by atoms with van der Waals surface area (Å²) in [4.78, 5) is 22.6. The van der Waals surface area contributed by atoms with Gasteiger partial charge in [-0.1, -0.05) is 6.07 Å². The molecule has 3 fully saturated rings. The van der Waals surface area contributed by atoms with E-state index in [0.29, 0.717) is 36.1 Å². The first-order chi connectivity index (χ1) is 19.3. The van der Waals surface area contributed by atoms with Crippen molar-refractivity contribution in [1.29, 1.82) is 0 Å². The highest BCUT2D eigenvalue weighted by Crippen LogP contribution is 2.45. The van der Waals surface area contributed by atoms with Crippen LogP contribution in [0.4, 0.5) is 13.2 Å². The number of pyridine rings is 1. The number of rotatable bonds is 7. The Morgan fingerprint density at radius 1 is 1.02 bits per heavy atom. The first kappa shape index (κ1) is 26.8. The summed E-state index contributed by atoms with van der Waals surface area (Å²) in [5, 5.41) is 14.6. The van der Waals surface area contributed by atoms with Gasteiger partial charge >= 0.3 is 6.36 Å². The number of nitrogens with zero attached hydrogens (tertiary/aromatic N) is 5. The molecule has 1 atom stereocenters. The third kappa shape index (κ3) is 5.44. The van der Waals surface area contributed by atoms with Gasteiger partial charge < -0.3 is 14.7 Å². The predicted octanol–water partition coefficient (Wildman–Crippen LogP) is 4.77. The summed E-state index contributed by atoms with van der Waals surface area (Å²) in [7, 11) is 0. The Balaban J connectivity index is 1.35. The first-order valence-electron chi connectivity index (χ1n) is 13.9. The van der Waals surface area contributed by atoms with Crippen LogP contribution in [0, 0.1) is 0 Å². The quantitative estimate of drug-likeness (QED) is 0.452. The molecule has 0 spiro atoms. The van der Waals surface area contributed by atoms with E-state index in [1.807, 2.05) is 4.90 Å². The van der Waals surface area contributed by atoms with Gasteiger partial charge in [-0.05, 0) is 69.3 Å². The number of carbonyl (C=O) groups is 1. The van der Waals surface area contributed by atoms with Crippen molar-refractivity contribution >= 4 is 5.91 Å². The summed E-state index contributed by atoms with van der Waals surface area (Å²) < 4.78 is 44.6. The normalized spacial score (nSPS) is 20.7. The van der Waals surface area contributed by atoms with Crippen molar-refractivity contribution in [2.75, 3.05) is 26.2 Å². The lowest BCUT2D eigenvalue weighted by Gasteiger charge is -2.39. The number of piperidine rings is 1. The number of amides is 1. The Hall–Kier alpha value is -3.44. The second-order valence-corrected chi connectivity index (χ2v) is 10.8. The molecule has 1 aromatic carbocycles. The van der Waals surface area contributed by atoms with Gasteiger partial charge in [0.2, 0.25) is 0 Å². The molecule has 212 valence electrons. The van der Waals surface area contributed by atoms with Crippen molar-refractivity contribution in [3.8, 4) is 22.7 Å². The number of aliphatic hydroxyl groups is 1. The summed E-state index contributed by atoms with van der Waals surface area (Å²) in [6, 6.07) is 9.83. The van der Waals surface area contributed by atoms with E-state index in [-0.39, 0.29) is 30.2 Å². The smallest absolute Gasteiger partial charge is 0.406 e. The summed E-state index contributed by atoms with van der Waals surface area (Å²) in [6.45, 7) is 2.33. The number of benzene rings is 1. The number of hydrogen-bond donors (Lipinski definition) is 1. The molecule has 2 saturated heterocycles. The molecule has 1 amide bonds. The van der Waals surface area contributed by atoms with Gasteiger partial charge in [0, 0.05) is 55.1 Å². The molecule has 8 nitrogen and oxygen atoms in total. The lowest BCUT2D eigenvalue weighted by Crippen LogP contribution is -2.49. The fourth-order valence-corrected chi connectivity index (χ4v) is 6.19. The third-order valence-electron chi connectivity index (χ3n) is 8.20. The van der Waals surface area contributed by atoms with Gasteiger partial charge in [-0.25, -0.2) is 4.68 Å². The van der Waals surface area contributed by atoms with E-state index in [4.69, 9.17) is 5.10 Å². The molecule has 0 radical (unpaired) electrons. The fourth-order valence-electron chi connectivity index (χ4n) is 6.19. The fraction of sp³-hybridized carbons (Fsp3) is 0.483. The molecule has 11 heteroatoms. The lowest BCUT2D eigenvalue weighted by atomic mass is 9.99. The summed E-state index contributed by atoms with van der Waals surface area (Å²) >= 11 is 0. The second-order valence-electron chi connectivity index (χ2n) is 10.8. The molecular weight excluding hydrogens is 523 g/mol. The number of hydrogen-bond acceptors (Lipinski definition) is 6. The van der Waals surface area contributed by atoms with Crippen molar-refractivity contribution < 1.29 is 27.8 Å². The monoisotopic (exact) mass is 555 g/mol. The Labute approximate surface area is 230 Å². The van der Waals surface area contributed by atoms with E-state index in [1.54, 1.807) is 35.3 Å². The van der Waals surface area contributed by atoms with Crippen molar-refractivity contribution in [3.05, 3.63) is 60.0 Å². The van der Waals surface area contributed by atoms with Crippen LogP contribution in [0.25, 0.3) is 16.9 Å². The van der Waals surface area contributed by atoms with Crippen molar-refractivity contribution in [2.24, 2.45) is 0 Å². The standard InChI is InChI=1S/C29H32F3N5O3/c30-29(31,32)40-24-5-1-3-22(17-24)37-27(20-6-7-20)25(26(34-37)19-8-12-33-13-9-19)28(39)35-15-10-21(11-16-35)36-14-2-4-23(36)18-38/h1,3,5,8-9,12-13,17,20-21,23,38H,2,4,6-7,10-11,14-16,18H2. The highest BCUT2D eigenvalue weighted by Gasteiger charge is 2.39. The summed E-state index contributed by atoms with van der Waals surface area (Å²) in [5.41, 5.74) is 2.85. The zero-order valence-electron chi connectivity index (χ0n) is 22.1. The van der Waals surface area contributed by atoms with Crippen LogP contribution in [-0.2, 0) is 0 Å². The van der Waals surface area contributed by atoms with Crippen LogP contribution in [0.5, 0.6) is 5.75 Å². The molecule has 6 rings (SSSR count). The van der Waals surface area contributed by atoms with Gasteiger partial charge in [0.1, 0.15) is 11.4 Å². The SMILES string of the molecule is O=C(c1c(-c2ccncc2)nn(-c2cccc(OC(F)(F)F)c2)c1C1CC1)N1CCC(N2CCCC2CO)CC1. The molecule has 2 aliphatic heterocycles. The molecule has 1 aliphatic carbocycles. The van der Waals surface area contributed by atoms with E-state index in [2.05, 4.69) is 14.6 Å². The molecule has 2 aromatic heterocycles. The third-order valence-corrected chi connectivity index (χ3v) is 8.20. The Morgan fingerprint density at radius 3 is 2.45 bits per heavy atom. The Morgan fingerprint density at radius 2 is 1.77 bits per heavy atom. The minimum atomic E-state index is -4.82. The lowest BCUT2D eigenvalue weighted by molar-refractivity contribution is -0.274. The van der Waals surface area contributed by atoms with Crippen LogP contribution in [0.1, 0.15) is 60.5 Å². The van der Waals surface area contributed by atoms with Gasteiger partial charge in [-0.15, -0.1) is 13.2 Å². The molecule has 1 unspecified atom stereocenters. The molecule has 1 N–H and O–H groups in total. The first-order valence-corrected chi connectivity index (χ1v) is 13.9. The van der Waals surface area contributed by atoms with Crippen LogP contribution < -0.4 is 4.74 Å². The number of aromatic nitrogens is 3. The van der Waals surface area contributed by atoms with Crippen molar-refractivity contribution in [2.45, 2.75) is 62.9 Å². The molecule has 3 aliphatic rings. The van der Waals surface area contributed by atoms with E-state index in [1.165, 1.54) is 18.2 Å². The number of alkyl halides is 3. The molecule has 0 bridgehead atoms. The molecule has 1 saturated carbocycles. The van der Waals surface area contributed by atoms with Gasteiger partial charge in [0.25, 0.3) is 5.91 Å². The van der Waals surface area contributed by atoms with Gasteiger partial charge in [-0.2, -0.15) is 5.10 Å². The van der Waals surface area contributed by atoms with Crippen molar-refractivity contribution in [1.82, 2.24) is 24.6 Å². The maximum atomic E-state index is 14.2. The highest BCUT2D eigenvalue weighted by molar-refractivity contribution is 6.01. The maximum absolute atomic E-state index is 14.2. The number of carbonyl (C=O) groups excluding carboxylic acids is 1. The van der Waals surface area contributed by atoms with E-state index in [9.17, 15) is 23.1 Å². The maximum Gasteiger partial charge on any atom is 0.573 e. The van der Waals surface area contributed by atoms with Crippen LogP contribution in [-0.4, -0.2) is 80.3 Å². The molecule has 3 aromatic rings. The Kier molecular flexibility index (Phi) is 7.26. The van der Waals surface area contributed by atoms with Crippen LogP contribution >= 0.6 is 0 Å². The number of halogens is 3. The molecular formula is C29H32F3N5O3. The van der Waals surface area contributed by atoms with E-state index >= 15 is 0 Å². The Bertz CT molecular complexity index is 1350. The summed E-state index contributed by atoms with van der Waals surface area (Å²) in [5.74, 6) is -0.367. The van der Waals surface area contributed by atoms with E-state index < -0.39 is 6.36 Å². The minimum absolute atomic E-state index is 0.0849. The van der Waals surface area contributed by atoms with E-state index in [0.717, 1.165) is 56.3 Å². The van der Waals surface area contributed by atoms with Gasteiger partial charge in [-0.3, -0.25) is 14.7 Å². The topological polar surface area (TPSA) is 83.7 Å². The van der Waals surface area contributed by atoms with Gasteiger partial charge in [0.15, 0.2) is 0 Å². The zero-order valence-corrected chi connectivity index (χ0v) is 22.1. The average molecular weight is 556 g/mol. The number of aliphatic hydroxyl groups excluding tert-OH is 1. The second kappa shape index (κ2) is 10.9. The number of ether oxygens (including phenoxy) is 1. The predicted molar refractivity (Wildman–Crippen MR) is 141 cm³/mol. The average Bonchev–Trinajstić information content (AvgIpc) is 3.54. The minimum Gasteiger partial charge on any atom is -0.406 e. The van der Waals surface area contributed by atoms with Crippen molar-refractivity contribution in [3.63, 3.8) is 0 Å². The largest absolute Gasteiger partial charge is 0.573 e. The van der Waals surface area contributed by atoms with Crippen LogP contribution in [0.3, 0.4) is 0 Å². The zero-order chi connectivity index (χ0) is 27.9. The number of likely N-dealkylation sites (tertiary alicyclic amines) is 2. The highest BCUT2D eigenvalue weighted by atomic mass is 19.4. The summed E-state index contributed by atoms with van der Waals surface area (Å²) in [6.07, 6.45) is 3.95.